The number of fused-ring (bicyclic) bond motifs is 9. The van der Waals surface area contributed by atoms with Crippen LogP contribution in [0, 0.1) is 39.4 Å². The van der Waals surface area contributed by atoms with Gasteiger partial charge in [-0.05, 0) is 106 Å². The number of Topliss-reactive ketones (excluding diaryl/α,β-unsaturated/α-hetero) is 1. The van der Waals surface area contributed by atoms with Gasteiger partial charge in [-0.25, -0.2) is 0 Å². The van der Waals surface area contributed by atoms with Crippen molar-refractivity contribution in [1.29, 1.82) is 0 Å². The summed E-state index contributed by atoms with van der Waals surface area (Å²) in [4.78, 5) is 12.9. The fourth-order valence-corrected chi connectivity index (χ4v) is 11.5. The molecule has 6 fully saturated rings. The molecule has 6 rings (SSSR count). The molecule has 192 valence electrons. The van der Waals surface area contributed by atoms with Crippen LogP contribution in [-0.2, 0) is 14.3 Å². The van der Waals surface area contributed by atoms with Crippen LogP contribution in [0.25, 0.3) is 0 Å². The third kappa shape index (κ3) is 2.37. The minimum absolute atomic E-state index is 0.188. The lowest BCUT2D eigenvalue weighted by Gasteiger charge is -2.69. The molecule has 1 N–H and O–H groups in total. The Kier molecular flexibility index (Phi) is 4.45. The monoisotopic (exact) mass is 472 g/mol. The fourth-order valence-electron chi connectivity index (χ4n) is 11.5. The Balaban J connectivity index is 1.40. The van der Waals surface area contributed by atoms with E-state index in [0.717, 1.165) is 32.1 Å². The maximum atomic E-state index is 12.9. The molecule has 4 nitrogen and oxygen atoms in total. The number of hydrogen-bond donors (Lipinski definition) is 1. The Hall–Kier alpha value is -0.450. The van der Waals surface area contributed by atoms with Crippen molar-refractivity contribution >= 4 is 5.78 Å². The molecular weight excluding hydrogens is 424 g/mol. The molecule has 1 spiro atoms. The van der Waals surface area contributed by atoms with E-state index < -0.39 is 11.4 Å². The molecule has 0 aromatic rings. The van der Waals surface area contributed by atoms with Gasteiger partial charge in [0.15, 0.2) is 5.79 Å². The van der Waals surface area contributed by atoms with E-state index in [1.165, 1.54) is 32.1 Å². The van der Waals surface area contributed by atoms with E-state index in [-0.39, 0.29) is 32.9 Å². The van der Waals surface area contributed by atoms with Gasteiger partial charge < -0.3 is 14.6 Å². The summed E-state index contributed by atoms with van der Waals surface area (Å²) in [7, 11) is 0. The first-order valence-corrected chi connectivity index (χ1v) is 14.2. The second-order valence-corrected chi connectivity index (χ2v) is 15.4. The lowest BCUT2D eigenvalue weighted by molar-refractivity contribution is -0.283. The minimum atomic E-state index is -1.01. The Labute approximate surface area is 206 Å². The van der Waals surface area contributed by atoms with Crippen molar-refractivity contribution in [3.8, 4) is 0 Å². The quantitative estimate of drug-likeness (QED) is 0.478. The number of aliphatic hydroxyl groups is 1. The standard InChI is InChI=1S/C30H48O4/c1-23(2)19-11-14-26(6)20(25(19,5)13-12-22(23)31)9-10-21-27(26,7)15-17-29(21)28(8)16-18-30(33-28,34-29)24(3,4)32/h19-21,32H,9-18H2,1-8H3/t19-,20-,21+,25+,26-,27-,28+,29-,30-/m1/s1. The average molecular weight is 473 g/mol. The molecule has 4 saturated carbocycles. The lowest BCUT2D eigenvalue weighted by atomic mass is 9.35. The molecule has 2 aliphatic heterocycles. The molecule has 0 aromatic heterocycles. The zero-order valence-electron chi connectivity index (χ0n) is 23.0. The Morgan fingerprint density at radius 1 is 0.765 bits per heavy atom. The molecule has 0 radical (unpaired) electrons. The first kappa shape index (κ1) is 23.9. The molecular formula is C30H48O4. The Morgan fingerprint density at radius 2 is 1.41 bits per heavy atom. The number of carbonyl (C=O) groups is 1. The summed E-state index contributed by atoms with van der Waals surface area (Å²) in [6.07, 6.45) is 10.6. The molecule has 2 bridgehead atoms. The van der Waals surface area contributed by atoms with Crippen LogP contribution < -0.4 is 0 Å². The minimum Gasteiger partial charge on any atom is -0.385 e. The van der Waals surface area contributed by atoms with Gasteiger partial charge in [-0.2, -0.15) is 0 Å². The molecule has 6 aliphatic rings. The molecule has 4 aliphatic carbocycles. The topological polar surface area (TPSA) is 55.8 Å². The molecule has 2 heterocycles. The van der Waals surface area contributed by atoms with Gasteiger partial charge in [-0.1, -0.05) is 34.6 Å². The van der Waals surface area contributed by atoms with Gasteiger partial charge in [0.05, 0.1) is 5.60 Å². The maximum absolute atomic E-state index is 12.9. The predicted molar refractivity (Wildman–Crippen MR) is 132 cm³/mol. The Morgan fingerprint density at radius 3 is 2.06 bits per heavy atom. The fraction of sp³-hybridized carbons (Fsp3) is 0.967. The first-order chi connectivity index (χ1) is 15.5. The second-order valence-electron chi connectivity index (χ2n) is 15.4. The van der Waals surface area contributed by atoms with Crippen LogP contribution in [0.15, 0.2) is 0 Å². The van der Waals surface area contributed by atoms with Crippen molar-refractivity contribution in [2.45, 2.75) is 142 Å². The zero-order chi connectivity index (χ0) is 24.8. The van der Waals surface area contributed by atoms with Gasteiger partial charge in [0, 0.05) is 18.3 Å². The van der Waals surface area contributed by atoms with Gasteiger partial charge in [0.1, 0.15) is 17.0 Å². The van der Waals surface area contributed by atoms with Crippen LogP contribution in [0.1, 0.15) is 120 Å². The second kappa shape index (κ2) is 6.33. The van der Waals surface area contributed by atoms with E-state index in [9.17, 15) is 9.90 Å². The average Bonchev–Trinajstić information content (AvgIpc) is 3.32. The third-order valence-electron chi connectivity index (χ3n) is 13.7. The molecule has 2 saturated heterocycles. The summed E-state index contributed by atoms with van der Waals surface area (Å²) < 4.78 is 13.8. The van der Waals surface area contributed by atoms with Crippen molar-refractivity contribution < 1.29 is 19.4 Å². The molecule has 34 heavy (non-hydrogen) atoms. The van der Waals surface area contributed by atoms with Crippen molar-refractivity contribution in [1.82, 2.24) is 0 Å². The van der Waals surface area contributed by atoms with Crippen LogP contribution in [-0.4, -0.2) is 33.5 Å². The number of rotatable bonds is 1. The molecule has 0 unspecified atom stereocenters. The Bertz CT molecular complexity index is 935. The van der Waals surface area contributed by atoms with Crippen molar-refractivity contribution in [2.24, 2.45) is 39.4 Å². The molecule has 4 heteroatoms. The van der Waals surface area contributed by atoms with Gasteiger partial charge in [-0.3, -0.25) is 4.79 Å². The van der Waals surface area contributed by atoms with Crippen LogP contribution in [0.4, 0.5) is 0 Å². The van der Waals surface area contributed by atoms with E-state index in [0.29, 0.717) is 23.5 Å². The van der Waals surface area contributed by atoms with E-state index in [1.807, 2.05) is 13.8 Å². The van der Waals surface area contributed by atoms with Crippen molar-refractivity contribution in [3.63, 3.8) is 0 Å². The smallest absolute Gasteiger partial charge is 0.198 e. The van der Waals surface area contributed by atoms with E-state index in [2.05, 4.69) is 41.5 Å². The number of ether oxygens (including phenoxy) is 2. The lowest BCUT2D eigenvalue weighted by Crippen LogP contribution is -2.66. The normalized spacial score (nSPS) is 58.0. The first-order valence-electron chi connectivity index (χ1n) is 14.2. The summed E-state index contributed by atoms with van der Waals surface area (Å²) in [5, 5.41) is 11.1. The zero-order valence-corrected chi connectivity index (χ0v) is 23.0. The maximum Gasteiger partial charge on any atom is 0.198 e. The third-order valence-corrected chi connectivity index (χ3v) is 13.7. The predicted octanol–water partition coefficient (Wildman–Crippen LogP) is 6.43. The van der Waals surface area contributed by atoms with E-state index >= 15 is 0 Å². The van der Waals surface area contributed by atoms with Gasteiger partial charge in [-0.15, -0.1) is 0 Å². The highest BCUT2D eigenvalue weighted by Gasteiger charge is 2.80. The summed E-state index contributed by atoms with van der Waals surface area (Å²) in [6, 6.07) is 0. The summed E-state index contributed by atoms with van der Waals surface area (Å²) in [5.74, 6) is 1.21. The summed E-state index contributed by atoms with van der Waals surface area (Å²) in [6.45, 7) is 18.2. The van der Waals surface area contributed by atoms with Gasteiger partial charge >= 0.3 is 0 Å². The van der Waals surface area contributed by atoms with Crippen LogP contribution in [0.2, 0.25) is 0 Å². The van der Waals surface area contributed by atoms with Crippen LogP contribution in [0.5, 0.6) is 0 Å². The molecule has 0 aromatic carbocycles. The van der Waals surface area contributed by atoms with Gasteiger partial charge in [0.25, 0.3) is 0 Å². The molecule has 0 amide bonds. The highest BCUT2D eigenvalue weighted by atomic mass is 16.8. The van der Waals surface area contributed by atoms with Gasteiger partial charge in [0.2, 0.25) is 0 Å². The van der Waals surface area contributed by atoms with Crippen molar-refractivity contribution in [2.75, 3.05) is 0 Å². The highest BCUT2D eigenvalue weighted by molar-refractivity contribution is 5.85. The van der Waals surface area contributed by atoms with Crippen LogP contribution >= 0.6 is 0 Å². The highest BCUT2D eigenvalue weighted by Crippen LogP contribution is 2.79. The molecule has 9 atom stereocenters. The SMILES string of the molecule is CC1(C)C(=O)CC[C@@]2(C)[C@@H]1CC[C@]1(C)[C@@H]2CC[C@H]2[C@@]1(C)CC[C@@]21O[C@@]2(C(C)(C)O)CC[C@]1(C)O2. The number of ketones is 1. The number of carbonyl (C=O) groups excluding carboxylic acids is 1. The largest absolute Gasteiger partial charge is 0.385 e. The van der Waals surface area contributed by atoms with E-state index in [4.69, 9.17) is 9.47 Å². The van der Waals surface area contributed by atoms with E-state index in [1.54, 1.807) is 0 Å². The number of hydrogen-bond acceptors (Lipinski definition) is 4. The summed E-state index contributed by atoms with van der Waals surface area (Å²) >= 11 is 0. The summed E-state index contributed by atoms with van der Waals surface area (Å²) in [5.41, 5.74) is -1.17. The van der Waals surface area contributed by atoms with Crippen LogP contribution in [0.3, 0.4) is 0 Å². The van der Waals surface area contributed by atoms with Crippen molar-refractivity contribution in [3.05, 3.63) is 0 Å².